The monoisotopic (exact) mass is 472 g/mol. The first-order chi connectivity index (χ1) is 17.1. The van der Waals surface area contributed by atoms with Crippen LogP contribution in [-0.2, 0) is 4.79 Å². The topological polar surface area (TPSA) is 65.5 Å². The highest BCUT2D eigenvalue weighted by molar-refractivity contribution is 5.90. The molecule has 0 radical (unpaired) electrons. The van der Waals surface area contributed by atoms with E-state index < -0.39 is 0 Å². The molecule has 0 spiro atoms. The van der Waals surface area contributed by atoms with Gasteiger partial charge in [0.1, 0.15) is 0 Å². The van der Waals surface area contributed by atoms with E-state index in [4.69, 9.17) is 0 Å². The van der Waals surface area contributed by atoms with Gasteiger partial charge in [-0.2, -0.15) is 0 Å². The predicted molar refractivity (Wildman–Crippen MR) is 136 cm³/mol. The summed E-state index contributed by atoms with van der Waals surface area (Å²) in [7, 11) is 0. The van der Waals surface area contributed by atoms with Crippen LogP contribution in [-0.4, -0.2) is 52.9 Å². The smallest absolute Gasteiger partial charge is 0.321 e. The van der Waals surface area contributed by atoms with Crippen LogP contribution >= 0.6 is 0 Å². The molecule has 1 unspecified atom stereocenters. The first kappa shape index (κ1) is 22.6. The number of carbonyl (C=O) groups excluding carboxylic acids is 2. The third-order valence-corrected chi connectivity index (χ3v) is 9.13. The number of benzene rings is 1. The molecule has 3 amide bonds. The molecular weight excluding hydrogens is 436 g/mol. The van der Waals surface area contributed by atoms with E-state index in [-0.39, 0.29) is 6.03 Å². The van der Waals surface area contributed by atoms with Gasteiger partial charge in [-0.15, -0.1) is 0 Å². The van der Waals surface area contributed by atoms with Gasteiger partial charge in [-0.1, -0.05) is 24.6 Å². The highest BCUT2D eigenvalue weighted by Gasteiger charge is 2.41. The zero-order valence-electron chi connectivity index (χ0n) is 20.4. The van der Waals surface area contributed by atoms with E-state index in [0.29, 0.717) is 23.7 Å². The molecule has 2 aliphatic heterocycles. The van der Waals surface area contributed by atoms with Crippen LogP contribution < -0.4 is 5.32 Å². The van der Waals surface area contributed by atoms with Crippen LogP contribution in [0.25, 0.3) is 0 Å². The van der Waals surface area contributed by atoms with E-state index in [9.17, 15) is 9.59 Å². The highest BCUT2D eigenvalue weighted by atomic mass is 16.2. The Kier molecular flexibility index (Phi) is 6.21. The number of nitrogens with one attached hydrogen (secondary N) is 1. The number of likely N-dealkylation sites (tertiary alicyclic amines) is 2. The number of piperidine rings is 1. The van der Waals surface area contributed by atoms with E-state index in [2.05, 4.69) is 33.4 Å². The quantitative estimate of drug-likeness (QED) is 0.647. The fraction of sp³-hybridized carbons (Fsp3) is 0.552. The number of hydrogen-bond acceptors (Lipinski definition) is 3. The SMILES string of the molecule is O=C(CC1C[C@@H]2CC[C@H]1C2)N1CCC(c2ccc(NC(=O)N3CC(c4cccnc4)C3)cc2)CC1. The van der Waals surface area contributed by atoms with Gasteiger partial charge in [-0.3, -0.25) is 9.78 Å². The van der Waals surface area contributed by atoms with Crippen LogP contribution in [0.5, 0.6) is 0 Å². The van der Waals surface area contributed by atoms with Gasteiger partial charge in [0.2, 0.25) is 5.91 Å². The second-order valence-electron chi connectivity index (χ2n) is 11.2. The van der Waals surface area contributed by atoms with Gasteiger partial charge in [0.15, 0.2) is 0 Å². The van der Waals surface area contributed by atoms with Crippen molar-refractivity contribution in [2.75, 3.05) is 31.5 Å². The fourth-order valence-corrected chi connectivity index (χ4v) is 6.96. The first-order valence-electron chi connectivity index (χ1n) is 13.5. The van der Waals surface area contributed by atoms with Gasteiger partial charge in [0.05, 0.1) is 0 Å². The molecule has 2 saturated carbocycles. The minimum absolute atomic E-state index is 0.0415. The highest BCUT2D eigenvalue weighted by Crippen LogP contribution is 2.49. The Bertz CT molecular complexity index is 1040. The summed E-state index contributed by atoms with van der Waals surface area (Å²) in [4.78, 5) is 33.6. The number of pyridine rings is 1. The van der Waals surface area contributed by atoms with Gasteiger partial charge in [0, 0.05) is 56.6 Å². The van der Waals surface area contributed by atoms with Gasteiger partial charge >= 0.3 is 6.03 Å². The average Bonchev–Trinajstić information content (AvgIpc) is 3.48. The second-order valence-corrected chi connectivity index (χ2v) is 11.2. The predicted octanol–water partition coefficient (Wildman–Crippen LogP) is 5.25. The van der Waals surface area contributed by atoms with Crippen LogP contribution in [0.2, 0.25) is 0 Å². The molecule has 184 valence electrons. The van der Waals surface area contributed by atoms with E-state index in [1.54, 1.807) is 6.20 Å². The van der Waals surface area contributed by atoms with Crippen LogP contribution in [0.4, 0.5) is 10.5 Å². The molecule has 4 aliphatic rings. The van der Waals surface area contributed by atoms with Crippen molar-refractivity contribution in [3.8, 4) is 0 Å². The van der Waals surface area contributed by atoms with Crippen LogP contribution in [0, 0.1) is 17.8 Å². The molecule has 2 saturated heterocycles. The Balaban J connectivity index is 0.950. The number of nitrogens with zero attached hydrogens (tertiary/aromatic N) is 3. The summed E-state index contributed by atoms with van der Waals surface area (Å²) in [5.41, 5.74) is 3.34. The molecule has 2 aromatic rings. The molecule has 1 aromatic carbocycles. The van der Waals surface area contributed by atoms with Gasteiger partial charge in [0.25, 0.3) is 0 Å². The molecule has 2 aliphatic carbocycles. The van der Waals surface area contributed by atoms with E-state index in [1.807, 2.05) is 29.3 Å². The molecule has 4 fully saturated rings. The van der Waals surface area contributed by atoms with Crippen molar-refractivity contribution in [2.45, 2.75) is 56.8 Å². The van der Waals surface area contributed by atoms with Crippen LogP contribution in [0.15, 0.2) is 48.8 Å². The van der Waals surface area contributed by atoms with Crippen molar-refractivity contribution in [3.63, 3.8) is 0 Å². The molecule has 6 nitrogen and oxygen atoms in total. The van der Waals surface area contributed by atoms with Crippen LogP contribution in [0.3, 0.4) is 0 Å². The Morgan fingerprint density at radius 3 is 2.34 bits per heavy atom. The summed E-state index contributed by atoms with van der Waals surface area (Å²) in [6.45, 7) is 3.20. The molecule has 6 rings (SSSR count). The Labute approximate surface area is 208 Å². The van der Waals surface area contributed by atoms with E-state index >= 15 is 0 Å². The maximum atomic E-state index is 12.9. The van der Waals surface area contributed by atoms with Gasteiger partial charge < -0.3 is 15.1 Å². The average molecular weight is 473 g/mol. The minimum atomic E-state index is -0.0415. The molecule has 3 heterocycles. The normalized spacial score (nSPS) is 26.6. The largest absolute Gasteiger partial charge is 0.343 e. The van der Waals surface area contributed by atoms with Crippen molar-refractivity contribution in [1.29, 1.82) is 0 Å². The summed E-state index contributed by atoms with van der Waals surface area (Å²) in [6.07, 6.45) is 11.9. The number of amides is 3. The van der Waals surface area contributed by atoms with E-state index in [1.165, 1.54) is 36.8 Å². The maximum absolute atomic E-state index is 12.9. The Hall–Kier alpha value is -2.89. The summed E-state index contributed by atoms with van der Waals surface area (Å²) >= 11 is 0. The fourth-order valence-electron chi connectivity index (χ4n) is 6.96. The lowest BCUT2D eigenvalue weighted by atomic mass is 9.85. The summed E-state index contributed by atoms with van der Waals surface area (Å²) < 4.78 is 0. The van der Waals surface area contributed by atoms with Gasteiger partial charge in [-0.25, -0.2) is 4.79 Å². The molecule has 35 heavy (non-hydrogen) atoms. The van der Waals surface area contributed by atoms with E-state index in [0.717, 1.165) is 63.0 Å². The third-order valence-electron chi connectivity index (χ3n) is 9.13. The maximum Gasteiger partial charge on any atom is 0.321 e. The Morgan fingerprint density at radius 1 is 0.886 bits per heavy atom. The third kappa shape index (κ3) is 4.80. The molecule has 3 atom stereocenters. The number of fused-ring (bicyclic) bond motifs is 2. The van der Waals surface area contributed by atoms with Gasteiger partial charge in [-0.05, 0) is 85.1 Å². The molecular formula is C29H36N4O2. The number of anilines is 1. The lowest BCUT2D eigenvalue weighted by Gasteiger charge is -2.39. The molecule has 1 N–H and O–H groups in total. The molecule has 6 heteroatoms. The number of urea groups is 1. The second kappa shape index (κ2) is 9.63. The number of hydrogen-bond donors (Lipinski definition) is 1. The van der Waals surface area contributed by atoms with Crippen molar-refractivity contribution in [1.82, 2.24) is 14.8 Å². The lowest BCUT2D eigenvalue weighted by Crippen LogP contribution is -2.50. The zero-order chi connectivity index (χ0) is 23.8. The number of rotatable bonds is 5. The summed E-state index contributed by atoms with van der Waals surface area (Å²) in [5, 5.41) is 3.03. The molecule has 2 bridgehead atoms. The lowest BCUT2D eigenvalue weighted by molar-refractivity contribution is -0.133. The Morgan fingerprint density at radius 2 is 1.69 bits per heavy atom. The van der Waals surface area contributed by atoms with Crippen molar-refractivity contribution in [3.05, 3.63) is 59.9 Å². The van der Waals surface area contributed by atoms with Crippen molar-refractivity contribution >= 4 is 17.6 Å². The first-order valence-corrected chi connectivity index (χ1v) is 13.5. The number of aromatic nitrogens is 1. The summed E-state index contributed by atoms with van der Waals surface area (Å²) in [6, 6.07) is 12.3. The minimum Gasteiger partial charge on any atom is -0.343 e. The standard InChI is InChI=1S/C29H36N4O2/c34-28(16-25-15-20-3-4-23(25)14-20)32-12-9-22(10-13-32)21-5-7-27(8-6-21)31-29(35)33-18-26(19-33)24-2-1-11-30-17-24/h1-2,5-8,11,17,20,22-23,25-26H,3-4,9-10,12-16,18-19H2,(H,31,35)/t20-,23+,25?/m1/s1. The molecule has 1 aromatic heterocycles. The van der Waals surface area contributed by atoms with Crippen LogP contribution in [0.1, 0.15) is 67.9 Å². The van der Waals surface area contributed by atoms with Crippen molar-refractivity contribution in [2.24, 2.45) is 17.8 Å². The summed E-state index contributed by atoms with van der Waals surface area (Å²) in [5.74, 6) is 3.63. The number of carbonyl (C=O) groups is 2. The zero-order valence-corrected chi connectivity index (χ0v) is 20.4. The van der Waals surface area contributed by atoms with Crippen molar-refractivity contribution < 1.29 is 9.59 Å².